The summed E-state index contributed by atoms with van der Waals surface area (Å²) < 4.78 is 0. The Hall–Kier alpha value is -0.890. The number of aliphatic hydroxyl groups is 4. The van der Waals surface area contributed by atoms with Crippen LogP contribution in [0.25, 0.3) is 10.4 Å². The summed E-state index contributed by atoms with van der Waals surface area (Å²) in [6, 6.07) is -0.135. The van der Waals surface area contributed by atoms with E-state index in [0.717, 1.165) is 0 Å². The normalized spacial score (nSPS) is 43.1. The molecule has 3 aliphatic rings. The van der Waals surface area contributed by atoms with Crippen LogP contribution in [0, 0.1) is 5.92 Å². The molecule has 2 saturated heterocycles. The van der Waals surface area contributed by atoms with E-state index in [4.69, 9.17) is 5.53 Å². The summed E-state index contributed by atoms with van der Waals surface area (Å²) >= 11 is 0. The molecule has 0 radical (unpaired) electrons. The highest BCUT2D eigenvalue weighted by molar-refractivity contribution is 5.14. The maximum Gasteiger partial charge on any atom is 0.148 e. The Morgan fingerprint density at radius 3 is 2.78 bits per heavy atom. The van der Waals surface area contributed by atoms with Crippen molar-refractivity contribution >= 4 is 0 Å². The van der Waals surface area contributed by atoms with Gasteiger partial charge in [-0.25, -0.2) is 0 Å². The number of piperidine rings is 1. The fourth-order valence-electron chi connectivity index (χ4n) is 3.06. The lowest BCUT2D eigenvalue weighted by atomic mass is 9.66. The van der Waals surface area contributed by atoms with Crippen molar-refractivity contribution in [3.63, 3.8) is 0 Å². The third-order valence-electron chi connectivity index (χ3n) is 4.07. The van der Waals surface area contributed by atoms with E-state index in [-0.39, 0.29) is 12.6 Å². The van der Waals surface area contributed by atoms with Gasteiger partial charge in [-0.1, -0.05) is 5.11 Å². The van der Waals surface area contributed by atoms with Crippen LogP contribution >= 0.6 is 0 Å². The molecule has 0 aromatic rings. The Balaban J connectivity index is 2.01. The van der Waals surface area contributed by atoms with Crippen molar-refractivity contribution in [3.8, 4) is 0 Å². The van der Waals surface area contributed by atoms with Crippen LogP contribution in [0.3, 0.4) is 0 Å². The molecule has 0 spiro atoms. The van der Waals surface area contributed by atoms with E-state index in [2.05, 4.69) is 10.0 Å². The van der Waals surface area contributed by atoms with E-state index in [0.29, 0.717) is 25.9 Å². The van der Waals surface area contributed by atoms with Crippen LogP contribution < -0.4 is 0 Å². The van der Waals surface area contributed by atoms with Crippen molar-refractivity contribution in [2.75, 3.05) is 19.7 Å². The number of nitrogens with zero attached hydrogens (tertiary/aromatic N) is 4. The molecular weight excluding hydrogens is 240 g/mol. The van der Waals surface area contributed by atoms with Gasteiger partial charge in [0.2, 0.25) is 0 Å². The monoisotopic (exact) mass is 258 g/mol. The molecule has 5 atom stereocenters. The molecule has 4 N–H and O–H groups in total. The molecule has 102 valence electrons. The van der Waals surface area contributed by atoms with Gasteiger partial charge in [0.05, 0.1) is 6.10 Å². The predicted molar refractivity (Wildman–Crippen MR) is 61.3 cm³/mol. The smallest absolute Gasteiger partial charge is 0.148 e. The minimum absolute atomic E-state index is 0.135. The summed E-state index contributed by atoms with van der Waals surface area (Å²) in [5.41, 5.74) is 6.75. The van der Waals surface area contributed by atoms with Gasteiger partial charge in [-0.3, -0.25) is 4.90 Å². The summed E-state index contributed by atoms with van der Waals surface area (Å²) in [7, 11) is 0. The molecule has 8 heteroatoms. The van der Waals surface area contributed by atoms with Crippen molar-refractivity contribution in [1.29, 1.82) is 0 Å². The molecule has 18 heavy (non-hydrogen) atoms. The third-order valence-corrected chi connectivity index (χ3v) is 4.07. The Labute approximate surface area is 104 Å². The van der Waals surface area contributed by atoms with Gasteiger partial charge in [0, 0.05) is 43.0 Å². The van der Waals surface area contributed by atoms with Gasteiger partial charge in [0.1, 0.15) is 11.8 Å². The van der Waals surface area contributed by atoms with Gasteiger partial charge in [0.25, 0.3) is 0 Å². The fourth-order valence-corrected chi connectivity index (χ4v) is 3.06. The molecule has 0 aromatic carbocycles. The zero-order valence-corrected chi connectivity index (χ0v) is 9.92. The topological polar surface area (TPSA) is 133 Å². The minimum Gasteiger partial charge on any atom is -0.396 e. The first-order chi connectivity index (χ1) is 8.56. The Bertz CT molecular complexity index is 360. The molecule has 3 rings (SSSR count). The summed E-state index contributed by atoms with van der Waals surface area (Å²) in [4.78, 5) is 4.32. The molecule has 5 unspecified atom stereocenters. The molecule has 2 bridgehead atoms. The lowest BCUT2D eigenvalue weighted by Gasteiger charge is -2.65. The number of hydrogen-bond donors (Lipinski definition) is 4. The Kier molecular flexibility index (Phi) is 3.76. The van der Waals surface area contributed by atoms with Crippen LogP contribution in [-0.2, 0) is 0 Å². The van der Waals surface area contributed by atoms with E-state index in [1.165, 1.54) is 0 Å². The third kappa shape index (κ3) is 1.87. The van der Waals surface area contributed by atoms with Crippen LogP contribution in [0.2, 0.25) is 0 Å². The standard InChI is InChI=1S/C10H18N4O4/c11-13-12-2-1-3-14-7-4-10(14,18)9(17)8(16)6(7)5-15/h6-9,15-18H,1-5H2. The first kappa shape index (κ1) is 13.5. The van der Waals surface area contributed by atoms with Crippen LogP contribution in [0.15, 0.2) is 5.11 Å². The second-order valence-electron chi connectivity index (χ2n) is 4.93. The van der Waals surface area contributed by atoms with Crippen molar-refractivity contribution in [1.82, 2.24) is 4.90 Å². The molecule has 2 heterocycles. The highest BCUT2D eigenvalue weighted by Gasteiger charge is 2.65. The van der Waals surface area contributed by atoms with Gasteiger partial charge < -0.3 is 20.4 Å². The quantitative estimate of drug-likeness (QED) is 0.212. The van der Waals surface area contributed by atoms with Gasteiger partial charge >= 0.3 is 0 Å². The van der Waals surface area contributed by atoms with Crippen molar-refractivity contribution in [2.24, 2.45) is 11.0 Å². The minimum atomic E-state index is -1.41. The van der Waals surface area contributed by atoms with Crippen molar-refractivity contribution in [3.05, 3.63) is 10.4 Å². The largest absolute Gasteiger partial charge is 0.396 e. The summed E-state index contributed by atoms with van der Waals surface area (Å²) in [6.07, 6.45) is -1.48. The zero-order chi connectivity index (χ0) is 13.3. The molecule has 1 saturated carbocycles. The van der Waals surface area contributed by atoms with Gasteiger partial charge in [0.15, 0.2) is 0 Å². The summed E-state index contributed by atoms with van der Waals surface area (Å²) in [5, 5.41) is 42.5. The molecule has 3 fully saturated rings. The maximum absolute atomic E-state index is 10.2. The van der Waals surface area contributed by atoms with Crippen molar-refractivity contribution < 1.29 is 20.4 Å². The predicted octanol–water partition coefficient (Wildman–Crippen LogP) is -1.21. The number of azide groups is 1. The number of fused-ring (bicyclic) bond motifs is 2. The highest BCUT2D eigenvalue weighted by Crippen LogP contribution is 2.48. The fraction of sp³-hybridized carbons (Fsp3) is 1.00. The van der Waals surface area contributed by atoms with Crippen LogP contribution in [0.5, 0.6) is 0 Å². The zero-order valence-electron chi connectivity index (χ0n) is 9.92. The summed E-state index contributed by atoms with van der Waals surface area (Å²) in [6.45, 7) is 0.546. The maximum atomic E-state index is 10.2. The lowest BCUT2D eigenvalue weighted by Crippen LogP contribution is -2.81. The molecule has 0 amide bonds. The second kappa shape index (κ2) is 5.00. The van der Waals surface area contributed by atoms with E-state index < -0.39 is 23.9 Å². The highest BCUT2D eigenvalue weighted by atomic mass is 16.4. The van der Waals surface area contributed by atoms with Gasteiger partial charge in [-0.2, -0.15) is 0 Å². The average Bonchev–Trinajstić information content (AvgIpc) is 2.35. The molecule has 1 aliphatic carbocycles. The Morgan fingerprint density at radius 2 is 2.17 bits per heavy atom. The SMILES string of the molecule is [N-]=[N+]=NCCCN1C2CC1(O)C(O)C(O)C2CO. The summed E-state index contributed by atoms with van der Waals surface area (Å²) in [5.74, 6) is -0.450. The molecular formula is C10H18N4O4. The van der Waals surface area contributed by atoms with Crippen LogP contribution in [0.4, 0.5) is 0 Å². The average molecular weight is 258 g/mol. The van der Waals surface area contributed by atoms with Crippen LogP contribution in [-0.4, -0.2) is 69.0 Å². The lowest BCUT2D eigenvalue weighted by molar-refractivity contribution is -0.337. The molecule has 8 nitrogen and oxygen atoms in total. The van der Waals surface area contributed by atoms with Crippen LogP contribution in [0.1, 0.15) is 12.8 Å². The van der Waals surface area contributed by atoms with Crippen molar-refractivity contribution in [2.45, 2.75) is 36.8 Å². The number of rotatable bonds is 5. The van der Waals surface area contributed by atoms with Gasteiger partial charge in [-0.05, 0) is 12.0 Å². The first-order valence-electron chi connectivity index (χ1n) is 6.03. The van der Waals surface area contributed by atoms with E-state index in [1.54, 1.807) is 4.90 Å². The number of hydrogen-bond acceptors (Lipinski definition) is 6. The second-order valence-corrected chi connectivity index (χ2v) is 4.93. The van der Waals surface area contributed by atoms with E-state index in [9.17, 15) is 20.4 Å². The van der Waals surface area contributed by atoms with Gasteiger partial charge in [-0.15, -0.1) is 0 Å². The molecule has 0 aromatic heterocycles. The van der Waals surface area contributed by atoms with E-state index >= 15 is 0 Å². The first-order valence-corrected chi connectivity index (χ1v) is 6.03. The Morgan fingerprint density at radius 1 is 1.44 bits per heavy atom. The molecule has 2 aliphatic heterocycles. The van der Waals surface area contributed by atoms with E-state index in [1.807, 2.05) is 0 Å². The number of aliphatic hydroxyl groups excluding tert-OH is 3.